The van der Waals surface area contributed by atoms with E-state index in [1.807, 2.05) is 21.6 Å². The number of carboxylic acid groups (broad SMARTS) is 3. The number of aromatic nitrogens is 7. The summed E-state index contributed by atoms with van der Waals surface area (Å²) >= 11 is 6.31. The molecule has 39 heteroatoms. The smallest absolute Gasteiger partial charge is 0.437 e. The zero-order valence-corrected chi connectivity index (χ0v) is 63.3. The van der Waals surface area contributed by atoms with Gasteiger partial charge in [-0.25, -0.2) is 19.9 Å². The minimum atomic E-state index is -4.69. The standard InChI is InChI=1S/C19H23F3N4O3.C18H22ClF2N3O3.2C18H23F3N4O3/c1-8-13(27)7-26(8)18-23-16(19(20,21)22)15(9-2-3-9)17(24-18)25-5-11-10(4-14(28)29)12(11)6-25;1-8-13(25)7-24(8)14-4-12(16(19)17(22-14)18(2,20)21)23-5-10-9(3-15(26)27)11(10)6-23;1-8(26)4-10-11-5-24(6-12(10)11)16-14(28-3)15(18(19,20)21)22-17(23-16)25-7-13(27)9(25)2;1-3-9-15(18(19,20)21)22-17(25-7-13(26)8(25)2)23-16(9)24-5-11-10(4-14(27)28)12(11)6-24/h8-13,27H,2-7H2,1H3,(H,28,29);4,8-11,13,25H,3,5-7H2,1-2H3,(H,26,27);9-13,27H,4-7H2,1-3H3;8,10-13,26H,3-7H2,1-2H3,(H,27,28)/t8-,10?,11-,12+,13+;8-,9?,10-,11+,13+;9-,10?,11-,12+,13+;8-,10?,11-,12+,13+/m0000/s1. The van der Waals surface area contributed by atoms with Crippen molar-refractivity contribution < 1.29 is 108 Å². The van der Waals surface area contributed by atoms with Crippen molar-refractivity contribution in [2.45, 2.75) is 172 Å². The van der Waals surface area contributed by atoms with Crippen molar-refractivity contribution in [2.75, 3.05) is 125 Å². The number of alkyl halides is 11. The second-order valence-corrected chi connectivity index (χ2v) is 33.2. The summed E-state index contributed by atoms with van der Waals surface area (Å²) < 4.78 is 157. The highest BCUT2D eigenvalue weighted by Gasteiger charge is 2.61. The summed E-state index contributed by atoms with van der Waals surface area (Å²) in [6.45, 7) is 16.3. The van der Waals surface area contributed by atoms with E-state index in [9.17, 15) is 87.9 Å². The first-order chi connectivity index (χ1) is 52.4. The average Bonchev–Trinajstić information content (AvgIpc) is 1.57. The summed E-state index contributed by atoms with van der Waals surface area (Å²) in [7, 11) is 1.18. The molecule has 4 aromatic heterocycles. The van der Waals surface area contributed by atoms with E-state index in [0.717, 1.165) is 6.92 Å². The van der Waals surface area contributed by atoms with E-state index in [1.54, 1.807) is 65.2 Å². The van der Waals surface area contributed by atoms with Gasteiger partial charge in [-0.2, -0.15) is 63.2 Å². The van der Waals surface area contributed by atoms with E-state index in [0.29, 0.717) is 113 Å². The molecule has 614 valence electrons. The first-order valence-corrected chi connectivity index (χ1v) is 38.4. The number of ketones is 1. The third-order valence-corrected chi connectivity index (χ3v) is 26.1. The Morgan fingerprint density at radius 3 is 1.14 bits per heavy atom. The van der Waals surface area contributed by atoms with Gasteiger partial charge in [-0.05, 0) is 131 Å². The van der Waals surface area contributed by atoms with Crippen molar-refractivity contribution in [1.29, 1.82) is 0 Å². The largest absolute Gasteiger partial charge is 0.491 e. The van der Waals surface area contributed by atoms with Crippen LogP contribution in [-0.4, -0.2) is 229 Å². The topological polar surface area (TPSA) is 335 Å². The summed E-state index contributed by atoms with van der Waals surface area (Å²) in [6.07, 6.45) is -13.8. The number of carbonyl (C=O) groups excluding carboxylic acids is 1. The fourth-order valence-corrected chi connectivity index (χ4v) is 18.8. The Kier molecular flexibility index (Phi) is 21.2. The van der Waals surface area contributed by atoms with Crippen molar-refractivity contribution in [3.8, 4) is 5.75 Å². The van der Waals surface area contributed by atoms with Crippen molar-refractivity contribution in [2.24, 2.45) is 71.0 Å². The number of piperidine rings is 4. The molecule has 8 aliphatic heterocycles. The van der Waals surface area contributed by atoms with Gasteiger partial charge < -0.3 is 84.5 Å². The molecule has 4 unspecified atom stereocenters. The first-order valence-electron chi connectivity index (χ1n) is 38.0. The van der Waals surface area contributed by atoms with Crippen LogP contribution in [0.15, 0.2) is 6.07 Å². The van der Waals surface area contributed by atoms with Gasteiger partial charge in [-0.1, -0.05) is 18.5 Å². The quantitative estimate of drug-likeness (QED) is 0.0410. The Balaban J connectivity index is 0.000000124. The van der Waals surface area contributed by atoms with Crippen LogP contribution in [0.4, 0.5) is 95.1 Å². The molecule has 17 rings (SSSR count). The van der Waals surface area contributed by atoms with E-state index in [4.69, 9.17) is 31.7 Å². The Hall–Kier alpha value is -7.97. The number of carboxylic acids is 3. The number of pyridine rings is 1. The van der Waals surface area contributed by atoms with Crippen molar-refractivity contribution in [3.63, 3.8) is 0 Å². The normalized spacial score (nSPS) is 32.2. The van der Waals surface area contributed by atoms with Crippen molar-refractivity contribution in [1.82, 2.24) is 34.9 Å². The molecule has 13 aliphatic rings. The number of aliphatic hydroxyl groups excluding tert-OH is 4. The van der Waals surface area contributed by atoms with Gasteiger partial charge >= 0.3 is 36.4 Å². The molecule has 12 heterocycles. The number of rotatable bonds is 20. The van der Waals surface area contributed by atoms with Gasteiger partial charge in [0.15, 0.2) is 28.6 Å². The molecule has 5 aliphatic carbocycles. The molecule has 20 atom stereocenters. The van der Waals surface area contributed by atoms with Gasteiger partial charge in [0.25, 0.3) is 5.92 Å². The van der Waals surface area contributed by atoms with Gasteiger partial charge in [0.1, 0.15) is 28.9 Å². The van der Waals surface area contributed by atoms with Crippen LogP contribution in [0.3, 0.4) is 0 Å². The number of carbonyl (C=O) groups is 4. The highest BCUT2D eigenvalue weighted by molar-refractivity contribution is 6.34. The minimum Gasteiger partial charge on any atom is -0.491 e. The Labute approximate surface area is 641 Å². The minimum absolute atomic E-state index is 0.0113. The maximum Gasteiger partial charge on any atom is 0.437 e. The molecule has 8 saturated heterocycles. The molecule has 0 radical (unpaired) electrons. The number of ether oxygens (including phenoxy) is 1. The van der Waals surface area contributed by atoms with Crippen LogP contribution in [0.25, 0.3) is 0 Å². The maximum atomic E-state index is 14.1. The second kappa shape index (κ2) is 29.4. The summed E-state index contributed by atoms with van der Waals surface area (Å²) in [5.74, 6) is -2.38. The van der Waals surface area contributed by atoms with E-state index < -0.39 is 89.6 Å². The summed E-state index contributed by atoms with van der Waals surface area (Å²) in [5, 5.41) is 65.8. The molecule has 4 aromatic rings. The molecule has 27 nitrogen and oxygen atoms in total. The Morgan fingerprint density at radius 2 is 0.804 bits per heavy atom. The predicted molar refractivity (Wildman–Crippen MR) is 382 cm³/mol. The van der Waals surface area contributed by atoms with Gasteiger partial charge in [-0.3, -0.25) is 14.4 Å². The molecule has 13 fully saturated rings. The molecule has 0 spiro atoms. The van der Waals surface area contributed by atoms with Gasteiger partial charge in [0.2, 0.25) is 17.8 Å². The van der Waals surface area contributed by atoms with E-state index in [2.05, 4.69) is 34.9 Å². The van der Waals surface area contributed by atoms with Gasteiger partial charge in [0, 0.05) is 128 Å². The molecule has 0 amide bonds. The van der Waals surface area contributed by atoms with Crippen LogP contribution in [0.2, 0.25) is 5.02 Å². The van der Waals surface area contributed by atoms with Crippen molar-refractivity contribution in [3.05, 3.63) is 45.0 Å². The van der Waals surface area contributed by atoms with Crippen LogP contribution in [-0.2, 0) is 50.1 Å². The lowest BCUT2D eigenvalue weighted by molar-refractivity contribution is -0.143. The number of nitrogens with zero attached hydrogens (tertiary/aromatic N) is 15. The third-order valence-electron chi connectivity index (χ3n) is 25.7. The van der Waals surface area contributed by atoms with Crippen LogP contribution < -0.4 is 43.9 Å². The number of halogens is 12. The van der Waals surface area contributed by atoms with E-state index in [-0.39, 0.29) is 186 Å². The number of methoxy groups -OCH3 is 1. The fourth-order valence-electron chi connectivity index (χ4n) is 18.4. The number of aliphatic hydroxyl groups is 4. The highest BCUT2D eigenvalue weighted by atomic mass is 35.5. The number of hydrogen-bond donors (Lipinski definition) is 7. The molecular formula is C73H91ClF11N15O12. The van der Waals surface area contributed by atoms with Gasteiger partial charge in [0.05, 0.1) is 66.4 Å². The third kappa shape index (κ3) is 15.5. The summed E-state index contributed by atoms with van der Waals surface area (Å²) in [4.78, 5) is 87.1. The van der Waals surface area contributed by atoms with Crippen LogP contribution in [0.1, 0.15) is 127 Å². The van der Waals surface area contributed by atoms with E-state index >= 15 is 0 Å². The highest BCUT2D eigenvalue weighted by Crippen LogP contribution is 2.60. The SMILES string of the molecule is CCc1c(N2C[C@@H]3C(CC(=O)O)[C@@H]3C2)nc(N2C[C@@H](O)[C@@H]2C)nc1C(F)(F)F.COc1c(N2C[C@@H]3C(CC(C)=O)[C@@H]3C2)nc(N2C[C@@H](O)[C@@H]2C)nc1C(F)(F)F.C[C@H]1[C@H](O)CN1c1cc(N2C[C@@H]3C(CC(=O)O)[C@@H]3C2)c(Cl)c(C(C)(F)F)n1.C[C@H]1[C@H](O)CN1c1nc(N2C[C@@H]3C(CC(=O)O)[C@@H]3C2)c(C2CC2)c(C(F)(F)F)n1. The number of fused-ring (bicyclic) bond motifs is 4. The lowest BCUT2D eigenvalue weighted by Crippen LogP contribution is -2.59. The lowest BCUT2D eigenvalue weighted by Gasteiger charge is -2.44. The first kappa shape index (κ1) is 80.6. The maximum absolute atomic E-state index is 14.1. The number of Topliss-reactive ketones (excluding diaryl/α,β-unsaturated/α-hetero) is 1. The Bertz CT molecular complexity index is 4140. The molecule has 5 saturated carbocycles. The van der Waals surface area contributed by atoms with Gasteiger partial charge in [-0.15, -0.1) is 0 Å². The molecule has 0 bridgehead atoms. The van der Waals surface area contributed by atoms with E-state index in [1.165, 1.54) is 7.11 Å². The fraction of sp³-hybridized carbons (Fsp3) is 0.712. The average molecular weight is 1620 g/mol. The Morgan fingerprint density at radius 1 is 0.464 bits per heavy atom. The number of aliphatic carboxylic acids is 3. The number of β-amino-alcohol motifs (C(OH)–C–C–N with tert-alkyl or cyclic N) is 4. The zero-order valence-electron chi connectivity index (χ0n) is 62.6. The second-order valence-electron chi connectivity index (χ2n) is 32.8. The molecular weight excluding hydrogens is 1520 g/mol. The van der Waals surface area contributed by atoms with Crippen LogP contribution in [0, 0.1) is 71.0 Å². The lowest BCUT2D eigenvalue weighted by atomic mass is 10.0. The number of anilines is 8. The zero-order chi connectivity index (χ0) is 81.1. The van der Waals surface area contributed by atoms with Crippen LogP contribution in [0.5, 0.6) is 5.75 Å². The number of hydrogen-bond acceptors (Lipinski definition) is 24. The molecule has 7 N–H and O–H groups in total. The molecule has 0 aromatic carbocycles. The van der Waals surface area contributed by atoms with Crippen molar-refractivity contribution >= 4 is 82.1 Å². The van der Waals surface area contributed by atoms with Crippen LogP contribution >= 0.6 is 11.6 Å². The summed E-state index contributed by atoms with van der Waals surface area (Å²) in [5.41, 5.74) is -2.60. The monoisotopic (exact) mass is 1610 g/mol. The molecule has 112 heavy (non-hydrogen) atoms. The predicted octanol–water partition coefficient (Wildman–Crippen LogP) is 8.19. The summed E-state index contributed by atoms with van der Waals surface area (Å²) in [6, 6.07) is 0.485.